The number of rotatable bonds is 21. The number of hydrogen-bond acceptors (Lipinski definition) is 6. The Balaban J connectivity index is 1.49. The Hall–Kier alpha value is -3.87. The van der Waals surface area contributed by atoms with Crippen LogP contribution in [0.15, 0.2) is 66.7 Å². The van der Waals surface area contributed by atoms with Gasteiger partial charge >= 0.3 is 11.7 Å². The molecule has 0 saturated heterocycles. The Labute approximate surface area is 263 Å². The molecular formula is C37H49NO6. The van der Waals surface area contributed by atoms with Gasteiger partial charge in [-0.2, -0.15) is 0 Å². The minimum Gasteiger partial charge on any atom is -0.494 e. The van der Waals surface area contributed by atoms with Gasteiger partial charge in [0.05, 0.1) is 29.3 Å². The zero-order valence-electron chi connectivity index (χ0n) is 26.7. The largest absolute Gasteiger partial charge is 0.494 e. The second-order valence-electron chi connectivity index (χ2n) is 11.5. The highest BCUT2D eigenvalue weighted by molar-refractivity contribution is 5.92. The van der Waals surface area contributed by atoms with Crippen LogP contribution in [0.1, 0.15) is 115 Å². The lowest BCUT2D eigenvalue weighted by Gasteiger charge is -2.15. The summed E-state index contributed by atoms with van der Waals surface area (Å²) in [7, 11) is 0. The van der Waals surface area contributed by atoms with Gasteiger partial charge in [0, 0.05) is 0 Å². The van der Waals surface area contributed by atoms with Gasteiger partial charge in [0.1, 0.15) is 11.5 Å². The maximum absolute atomic E-state index is 12.8. The summed E-state index contributed by atoms with van der Waals surface area (Å²) in [5.41, 5.74) is 1.92. The Morgan fingerprint density at radius 3 is 1.89 bits per heavy atom. The SMILES string of the molecule is CCCCCCCCCCOc1ccc(-c2ccc(C(=O)Oc3ccc(O[C@@H](C)CCCCCC)cc3[N+](=O)[O-])cc2)cc1. The highest BCUT2D eigenvalue weighted by Crippen LogP contribution is 2.33. The number of nitro groups is 1. The van der Waals surface area contributed by atoms with E-state index in [1.807, 2.05) is 43.3 Å². The van der Waals surface area contributed by atoms with E-state index in [0.29, 0.717) is 11.3 Å². The Bertz CT molecular complexity index is 1270. The maximum atomic E-state index is 12.8. The third kappa shape index (κ3) is 12.0. The number of unbranched alkanes of at least 4 members (excludes halogenated alkanes) is 10. The molecule has 7 nitrogen and oxygen atoms in total. The molecule has 0 spiro atoms. The first kappa shape index (κ1) is 34.6. The van der Waals surface area contributed by atoms with Crippen molar-refractivity contribution in [1.29, 1.82) is 0 Å². The predicted molar refractivity (Wildman–Crippen MR) is 177 cm³/mol. The van der Waals surface area contributed by atoms with Crippen LogP contribution in [0, 0.1) is 10.1 Å². The minimum absolute atomic E-state index is 0.0678. The molecule has 0 radical (unpaired) electrons. The van der Waals surface area contributed by atoms with Gasteiger partial charge in [0.25, 0.3) is 0 Å². The summed E-state index contributed by atoms with van der Waals surface area (Å²) < 4.78 is 17.2. The molecule has 0 heterocycles. The third-order valence-electron chi connectivity index (χ3n) is 7.71. The molecule has 0 fully saturated rings. The molecule has 0 saturated carbocycles. The van der Waals surface area contributed by atoms with E-state index in [2.05, 4.69) is 13.8 Å². The van der Waals surface area contributed by atoms with E-state index in [4.69, 9.17) is 14.2 Å². The van der Waals surface area contributed by atoms with E-state index in [1.165, 1.54) is 63.5 Å². The van der Waals surface area contributed by atoms with Crippen molar-refractivity contribution in [1.82, 2.24) is 0 Å². The second-order valence-corrected chi connectivity index (χ2v) is 11.5. The number of nitrogens with zero attached hydrogens (tertiary/aromatic N) is 1. The highest BCUT2D eigenvalue weighted by Gasteiger charge is 2.21. The lowest BCUT2D eigenvalue weighted by molar-refractivity contribution is -0.385. The second kappa shape index (κ2) is 19.4. The Morgan fingerprint density at radius 2 is 1.27 bits per heavy atom. The summed E-state index contributed by atoms with van der Waals surface area (Å²) in [6.07, 6.45) is 15.5. The third-order valence-corrected chi connectivity index (χ3v) is 7.71. The van der Waals surface area contributed by atoms with Crippen molar-refractivity contribution in [2.75, 3.05) is 6.61 Å². The molecule has 3 aromatic rings. The van der Waals surface area contributed by atoms with Crippen molar-refractivity contribution in [2.24, 2.45) is 0 Å². The lowest BCUT2D eigenvalue weighted by atomic mass is 10.0. The van der Waals surface area contributed by atoms with Crippen LogP contribution in [0.5, 0.6) is 17.2 Å². The molecule has 238 valence electrons. The lowest BCUT2D eigenvalue weighted by Crippen LogP contribution is -2.12. The molecule has 0 amide bonds. The van der Waals surface area contributed by atoms with E-state index in [1.54, 1.807) is 18.2 Å². The van der Waals surface area contributed by atoms with Gasteiger partial charge in [0.15, 0.2) is 0 Å². The molecule has 0 bridgehead atoms. The first-order chi connectivity index (χ1) is 21.4. The summed E-state index contributed by atoms with van der Waals surface area (Å²) in [5.74, 6) is 0.446. The monoisotopic (exact) mass is 603 g/mol. The van der Waals surface area contributed by atoms with Crippen LogP contribution in [0.3, 0.4) is 0 Å². The van der Waals surface area contributed by atoms with Crippen molar-refractivity contribution >= 4 is 11.7 Å². The standard InChI is InChI=1S/C37H49NO6/c1-4-6-8-10-11-12-13-15-27-42-33-23-21-31(22-24-33)30-17-19-32(20-18-30)37(39)44-36-26-25-34(28-35(36)38(40)41)43-29(3)16-14-9-7-5-2/h17-26,28-29H,4-16,27H2,1-3H3/t29-/m0/s1. The fraction of sp³-hybridized carbons (Fsp3) is 0.486. The van der Waals surface area contributed by atoms with Crippen molar-refractivity contribution < 1.29 is 23.9 Å². The highest BCUT2D eigenvalue weighted by atomic mass is 16.6. The average molecular weight is 604 g/mol. The fourth-order valence-corrected chi connectivity index (χ4v) is 5.08. The van der Waals surface area contributed by atoms with E-state index in [-0.39, 0.29) is 17.5 Å². The molecule has 0 aliphatic carbocycles. The van der Waals surface area contributed by atoms with E-state index in [0.717, 1.165) is 55.6 Å². The molecule has 44 heavy (non-hydrogen) atoms. The average Bonchev–Trinajstić information content (AvgIpc) is 3.03. The van der Waals surface area contributed by atoms with Crippen molar-refractivity contribution in [3.8, 4) is 28.4 Å². The van der Waals surface area contributed by atoms with Crippen LogP contribution in [-0.2, 0) is 0 Å². The van der Waals surface area contributed by atoms with Gasteiger partial charge in [-0.1, -0.05) is 102 Å². The molecule has 3 aromatic carbocycles. The molecule has 3 rings (SSSR count). The first-order valence-electron chi connectivity index (χ1n) is 16.4. The van der Waals surface area contributed by atoms with E-state index >= 15 is 0 Å². The van der Waals surface area contributed by atoms with Crippen LogP contribution in [0.2, 0.25) is 0 Å². The van der Waals surface area contributed by atoms with Crippen molar-refractivity contribution in [2.45, 2.75) is 110 Å². The smallest absolute Gasteiger partial charge is 0.343 e. The minimum atomic E-state index is -0.665. The van der Waals surface area contributed by atoms with Crippen LogP contribution in [0.25, 0.3) is 11.1 Å². The number of carbonyl (C=O) groups is 1. The summed E-state index contributed by atoms with van der Waals surface area (Å²) in [6.45, 7) is 7.08. The van der Waals surface area contributed by atoms with Crippen LogP contribution in [0.4, 0.5) is 5.69 Å². The number of benzene rings is 3. The van der Waals surface area contributed by atoms with Gasteiger partial charge in [-0.05, 0) is 73.7 Å². The number of ether oxygens (including phenoxy) is 3. The summed E-state index contributed by atoms with van der Waals surface area (Å²) >= 11 is 0. The zero-order chi connectivity index (χ0) is 31.6. The van der Waals surface area contributed by atoms with Gasteiger partial charge < -0.3 is 14.2 Å². The molecule has 0 aliphatic heterocycles. The van der Waals surface area contributed by atoms with Gasteiger partial charge in [-0.15, -0.1) is 0 Å². The number of nitro benzene ring substituents is 1. The number of carbonyl (C=O) groups excluding carboxylic acids is 1. The predicted octanol–water partition coefficient (Wildman–Crippen LogP) is 10.7. The molecule has 0 aromatic heterocycles. The molecular weight excluding hydrogens is 554 g/mol. The molecule has 0 aliphatic rings. The summed E-state index contributed by atoms with van der Waals surface area (Å²) in [5, 5.41) is 11.7. The quantitative estimate of drug-likeness (QED) is 0.0396. The van der Waals surface area contributed by atoms with Gasteiger partial charge in [-0.3, -0.25) is 10.1 Å². The summed E-state index contributed by atoms with van der Waals surface area (Å²) in [4.78, 5) is 24.0. The first-order valence-corrected chi connectivity index (χ1v) is 16.4. The molecule has 7 heteroatoms. The van der Waals surface area contributed by atoms with Gasteiger partial charge in [-0.25, -0.2) is 4.79 Å². The van der Waals surface area contributed by atoms with E-state index < -0.39 is 10.9 Å². The molecule has 0 unspecified atom stereocenters. The van der Waals surface area contributed by atoms with Crippen molar-refractivity contribution in [3.63, 3.8) is 0 Å². The van der Waals surface area contributed by atoms with Gasteiger partial charge in [0.2, 0.25) is 5.75 Å². The zero-order valence-corrected chi connectivity index (χ0v) is 26.7. The van der Waals surface area contributed by atoms with Crippen LogP contribution < -0.4 is 14.2 Å². The van der Waals surface area contributed by atoms with E-state index in [9.17, 15) is 14.9 Å². The number of hydrogen-bond donors (Lipinski definition) is 0. The summed E-state index contributed by atoms with van der Waals surface area (Å²) in [6, 6.07) is 19.2. The normalized spacial score (nSPS) is 11.6. The number of esters is 1. The van der Waals surface area contributed by atoms with Crippen molar-refractivity contribution in [3.05, 3.63) is 82.4 Å². The Kier molecular flexibility index (Phi) is 15.3. The fourth-order valence-electron chi connectivity index (χ4n) is 5.08. The molecule has 0 N–H and O–H groups in total. The van der Waals surface area contributed by atoms with Crippen LogP contribution in [-0.4, -0.2) is 23.6 Å². The molecule has 1 atom stereocenters. The maximum Gasteiger partial charge on any atom is 0.343 e. The topological polar surface area (TPSA) is 87.9 Å². The van der Waals surface area contributed by atoms with Crippen LogP contribution >= 0.6 is 0 Å². The Morgan fingerprint density at radius 1 is 0.727 bits per heavy atom.